The van der Waals surface area contributed by atoms with Gasteiger partial charge in [0.2, 0.25) is 0 Å². The fourth-order valence-corrected chi connectivity index (χ4v) is 3.04. The predicted octanol–water partition coefficient (Wildman–Crippen LogP) is 3.72. The van der Waals surface area contributed by atoms with Gasteiger partial charge in [-0.2, -0.15) is 0 Å². The second-order valence-electron chi connectivity index (χ2n) is 4.77. The van der Waals surface area contributed by atoms with E-state index in [0.717, 1.165) is 27.7 Å². The lowest BCUT2D eigenvalue weighted by atomic mass is 9.87. The molecular formula is C16H15IO2. The molecule has 0 aromatic heterocycles. The summed E-state index contributed by atoms with van der Waals surface area (Å²) in [6.07, 6.45) is 0.973. The molecule has 1 aliphatic rings. The highest BCUT2D eigenvalue weighted by molar-refractivity contribution is 14.1. The van der Waals surface area contributed by atoms with Crippen molar-refractivity contribution in [2.45, 2.75) is 25.0 Å². The molecule has 0 unspecified atom stereocenters. The van der Waals surface area contributed by atoms with E-state index in [1.54, 1.807) is 0 Å². The van der Waals surface area contributed by atoms with E-state index in [-0.39, 0.29) is 6.10 Å². The van der Waals surface area contributed by atoms with Crippen molar-refractivity contribution in [1.82, 2.24) is 0 Å². The van der Waals surface area contributed by atoms with Gasteiger partial charge in [0.1, 0.15) is 11.9 Å². The van der Waals surface area contributed by atoms with Gasteiger partial charge in [0.05, 0.1) is 9.67 Å². The molecule has 0 saturated heterocycles. The Balaban J connectivity index is 1.94. The van der Waals surface area contributed by atoms with Gasteiger partial charge in [-0.05, 0) is 58.7 Å². The number of aliphatic hydroxyl groups excluding tert-OH is 1. The third-order valence-electron chi connectivity index (χ3n) is 3.51. The van der Waals surface area contributed by atoms with Gasteiger partial charge in [-0.25, -0.2) is 0 Å². The van der Waals surface area contributed by atoms with Gasteiger partial charge in [-0.3, -0.25) is 0 Å². The molecule has 2 aromatic carbocycles. The van der Waals surface area contributed by atoms with E-state index >= 15 is 0 Å². The Hall–Kier alpha value is -1.07. The van der Waals surface area contributed by atoms with Gasteiger partial charge >= 0.3 is 0 Å². The molecule has 0 amide bonds. The summed E-state index contributed by atoms with van der Waals surface area (Å²) in [4.78, 5) is 0. The molecule has 3 rings (SSSR count). The van der Waals surface area contributed by atoms with Gasteiger partial charge in [0.25, 0.3) is 0 Å². The first kappa shape index (κ1) is 12.9. The number of hydrogen-bond acceptors (Lipinski definition) is 2. The molecule has 0 saturated carbocycles. The Morgan fingerprint density at radius 1 is 1.05 bits per heavy atom. The minimum Gasteiger partial charge on any atom is -0.482 e. The first-order valence-electron chi connectivity index (χ1n) is 6.43. The summed E-state index contributed by atoms with van der Waals surface area (Å²) < 4.78 is 7.13. The van der Waals surface area contributed by atoms with Crippen LogP contribution in [0, 0.1) is 3.57 Å². The quantitative estimate of drug-likeness (QED) is 0.821. The van der Waals surface area contributed by atoms with Crippen LogP contribution in [0.1, 0.15) is 23.7 Å². The average molecular weight is 366 g/mol. The number of halogens is 1. The van der Waals surface area contributed by atoms with E-state index in [0.29, 0.717) is 0 Å². The monoisotopic (exact) mass is 366 g/mol. The van der Waals surface area contributed by atoms with Crippen LogP contribution in [0.2, 0.25) is 0 Å². The number of aliphatic hydroxyl groups is 1. The Labute approximate surface area is 126 Å². The molecule has 98 valence electrons. The van der Waals surface area contributed by atoms with Crippen molar-refractivity contribution in [1.29, 1.82) is 0 Å². The number of fused-ring (bicyclic) bond motifs is 1. The molecule has 19 heavy (non-hydrogen) atoms. The molecule has 1 aliphatic carbocycles. The maximum atomic E-state index is 10.2. The Bertz CT molecular complexity index is 582. The molecular weight excluding hydrogens is 351 g/mol. The first-order valence-corrected chi connectivity index (χ1v) is 7.50. The third kappa shape index (κ3) is 2.62. The number of aryl methyl sites for hydroxylation is 1. The molecule has 0 heterocycles. The second kappa shape index (κ2) is 5.51. The molecule has 1 N–H and O–H groups in total. The van der Waals surface area contributed by atoms with Gasteiger partial charge in [0, 0.05) is 0 Å². The van der Waals surface area contributed by atoms with Crippen molar-refractivity contribution in [3.05, 3.63) is 63.2 Å². The van der Waals surface area contributed by atoms with Crippen molar-refractivity contribution in [3.63, 3.8) is 0 Å². The lowest BCUT2D eigenvalue weighted by Gasteiger charge is -2.31. The zero-order valence-electron chi connectivity index (χ0n) is 10.4. The number of benzene rings is 2. The van der Waals surface area contributed by atoms with Crippen molar-refractivity contribution < 1.29 is 9.84 Å². The highest BCUT2D eigenvalue weighted by atomic mass is 127. The fraction of sp³-hybridized carbons (Fsp3) is 0.250. The van der Waals surface area contributed by atoms with Crippen molar-refractivity contribution in [2.24, 2.45) is 0 Å². The van der Waals surface area contributed by atoms with Crippen LogP contribution in [0.5, 0.6) is 5.75 Å². The molecule has 0 bridgehead atoms. The maximum Gasteiger partial charge on any atom is 0.150 e. The van der Waals surface area contributed by atoms with Crippen molar-refractivity contribution in [3.8, 4) is 5.75 Å². The summed E-state index contributed by atoms with van der Waals surface area (Å²) in [5, 5.41) is 10.2. The van der Waals surface area contributed by atoms with Gasteiger partial charge in [-0.15, -0.1) is 0 Å². The van der Waals surface area contributed by atoms with Gasteiger partial charge in [-0.1, -0.05) is 36.4 Å². The topological polar surface area (TPSA) is 29.5 Å². The minimum atomic E-state index is -0.439. The normalized spacial score (nSPS) is 21.8. The van der Waals surface area contributed by atoms with Crippen LogP contribution >= 0.6 is 22.6 Å². The number of rotatable bonds is 2. The first-order chi connectivity index (χ1) is 9.25. The van der Waals surface area contributed by atoms with E-state index in [9.17, 15) is 5.11 Å². The predicted molar refractivity (Wildman–Crippen MR) is 83.3 cm³/mol. The van der Waals surface area contributed by atoms with Crippen LogP contribution in [0.4, 0.5) is 0 Å². The van der Waals surface area contributed by atoms with Crippen LogP contribution in [0.15, 0.2) is 48.5 Å². The van der Waals surface area contributed by atoms with Crippen LogP contribution in [-0.4, -0.2) is 11.2 Å². The van der Waals surface area contributed by atoms with Crippen molar-refractivity contribution in [2.75, 3.05) is 0 Å². The molecule has 2 aromatic rings. The fourth-order valence-electron chi connectivity index (χ4n) is 2.52. The zero-order chi connectivity index (χ0) is 13.2. The Morgan fingerprint density at radius 2 is 1.79 bits per heavy atom. The van der Waals surface area contributed by atoms with Crippen LogP contribution in [0.3, 0.4) is 0 Å². The minimum absolute atomic E-state index is 0.263. The van der Waals surface area contributed by atoms with E-state index in [1.165, 1.54) is 5.56 Å². The Morgan fingerprint density at radius 3 is 2.63 bits per heavy atom. The molecule has 2 nitrogen and oxygen atoms in total. The van der Waals surface area contributed by atoms with Gasteiger partial charge in [0.15, 0.2) is 0 Å². The van der Waals surface area contributed by atoms with Crippen LogP contribution in [-0.2, 0) is 6.42 Å². The third-order valence-corrected chi connectivity index (χ3v) is 4.40. The lowest BCUT2D eigenvalue weighted by molar-refractivity contribution is 0.0223. The van der Waals surface area contributed by atoms with Crippen LogP contribution in [0.25, 0.3) is 0 Å². The summed E-state index contributed by atoms with van der Waals surface area (Å²) in [7, 11) is 0. The molecule has 3 heteroatoms. The molecule has 0 fully saturated rings. The highest BCUT2D eigenvalue weighted by Crippen LogP contribution is 2.35. The smallest absolute Gasteiger partial charge is 0.150 e. The summed E-state index contributed by atoms with van der Waals surface area (Å²) in [5.74, 6) is 0.837. The zero-order valence-corrected chi connectivity index (χ0v) is 12.6. The molecule has 0 radical (unpaired) electrons. The SMILES string of the molecule is O[C@H]1CCc2ccccc2[C@@H]1Oc1ccccc1I. The largest absolute Gasteiger partial charge is 0.482 e. The average Bonchev–Trinajstić information content (AvgIpc) is 2.44. The second-order valence-corrected chi connectivity index (χ2v) is 5.94. The molecule has 0 aliphatic heterocycles. The number of hydrogen-bond donors (Lipinski definition) is 1. The number of ether oxygens (including phenoxy) is 1. The number of para-hydroxylation sites is 1. The summed E-state index contributed by atoms with van der Waals surface area (Å²) in [6.45, 7) is 0. The maximum absolute atomic E-state index is 10.2. The summed E-state index contributed by atoms with van der Waals surface area (Å²) >= 11 is 2.26. The van der Waals surface area contributed by atoms with Gasteiger partial charge < -0.3 is 9.84 Å². The lowest BCUT2D eigenvalue weighted by Crippen LogP contribution is -2.29. The highest BCUT2D eigenvalue weighted by Gasteiger charge is 2.29. The van der Waals surface area contributed by atoms with E-state index < -0.39 is 6.10 Å². The Kier molecular flexibility index (Phi) is 3.75. The summed E-state index contributed by atoms with van der Waals surface area (Å²) in [6, 6.07) is 16.1. The summed E-state index contributed by atoms with van der Waals surface area (Å²) in [5.41, 5.74) is 2.39. The molecule has 2 atom stereocenters. The van der Waals surface area contributed by atoms with Crippen LogP contribution < -0.4 is 4.74 Å². The van der Waals surface area contributed by atoms with E-state index in [1.807, 2.05) is 36.4 Å². The van der Waals surface area contributed by atoms with E-state index in [4.69, 9.17) is 4.74 Å². The molecule has 0 spiro atoms. The van der Waals surface area contributed by atoms with Crippen molar-refractivity contribution >= 4 is 22.6 Å². The standard InChI is InChI=1S/C16H15IO2/c17-13-7-3-4-8-15(13)19-16-12-6-2-1-5-11(12)9-10-14(16)18/h1-8,14,16,18H,9-10H2/t14-,16-/m0/s1. The van der Waals surface area contributed by atoms with E-state index in [2.05, 4.69) is 34.7 Å².